The fourth-order valence-corrected chi connectivity index (χ4v) is 3.67. The third kappa shape index (κ3) is 2.53. The van der Waals surface area contributed by atoms with E-state index < -0.39 is 0 Å². The lowest BCUT2D eigenvalue weighted by molar-refractivity contribution is 0.403. The molecule has 0 radical (unpaired) electrons. The Balaban J connectivity index is 1.88. The second-order valence-electron chi connectivity index (χ2n) is 4.96. The second kappa shape index (κ2) is 5.78. The number of halogens is 1. The average Bonchev–Trinajstić information content (AvgIpc) is 3.25. The molecule has 0 bridgehead atoms. The first kappa shape index (κ1) is 14.4. The Morgan fingerprint density at radius 1 is 1.35 bits per heavy atom. The van der Waals surface area contributed by atoms with Crippen molar-refractivity contribution in [2.24, 2.45) is 0 Å². The van der Waals surface area contributed by atoms with Crippen LogP contribution in [0.1, 0.15) is 16.5 Å². The smallest absolute Gasteiger partial charge is 0.248 e. The zero-order valence-corrected chi connectivity index (χ0v) is 14.5. The third-order valence-electron chi connectivity index (χ3n) is 3.62. The Kier molecular flexibility index (Phi) is 3.62. The fourth-order valence-electron chi connectivity index (χ4n) is 2.59. The molecule has 4 rings (SSSR count). The standard InChI is InChI=1S/C15H12BrN5OS/c1-22-13-5-4-9(16)7-10(13)12-8-11(14-3-2-6-23-14)17-15-18-19-20-21(12)15/h2-8,12H,1H3,(H,17,18,20). The number of aromatic nitrogens is 4. The minimum absolute atomic E-state index is 0.147. The Bertz CT molecular complexity index is 874. The molecule has 2 aromatic heterocycles. The van der Waals surface area contributed by atoms with E-state index in [1.54, 1.807) is 23.1 Å². The summed E-state index contributed by atoms with van der Waals surface area (Å²) in [4.78, 5) is 1.14. The highest BCUT2D eigenvalue weighted by molar-refractivity contribution is 9.10. The number of thiophene rings is 1. The maximum atomic E-state index is 5.52. The van der Waals surface area contributed by atoms with Gasteiger partial charge in [-0.15, -0.1) is 11.3 Å². The van der Waals surface area contributed by atoms with E-state index in [-0.39, 0.29) is 6.04 Å². The summed E-state index contributed by atoms with van der Waals surface area (Å²) < 4.78 is 8.25. The SMILES string of the molecule is COc1ccc(Br)cc1C1C=C(c2cccs2)Nc2nnnn21. The van der Waals surface area contributed by atoms with E-state index >= 15 is 0 Å². The van der Waals surface area contributed by atoms with E-state index in [1.165, 1.54) is 0 Å². The van der Waals surface area contributed by atoms with Gasteiger partial charge in [-0.2, -0.15) is 4.68 Å². The minimum Gasteiger partial charge on any atom is -0.496 e. The van der Waals surface area contributed by atoms with Crippen LogP contribution in [0.3, 0.4) is 0 Å². The van der Waals surface area contributed by atoms with Gasteiger partial charge in [-0.05, 0) is 46.1 Å². The minimum atomic E-state index is -0.147. The zero-order chi connectivity index (χ0) is 15.8. The fraction of sp³-hybridized carbons (Fsp3) is 0.133. The first-order chi connectivity index (χ1) is 11.3. The maximum Gasteiger partial charge on any atom is 0.248 e. The van der Waals surface area contributed by atoms with Crippen LogP contribution in [0.2, 0.25) is 0 Å². The maximum absolute atomic E-state index is 5.52. The van der Waals surface area contributed by atoms with Crippen LogP contribution in [0.25, 0.3) is 5.70 Å². The summed E-state index contributed by atoms with van der Waals surface area (Å²) in [6.07, 6.45) is 2.11. The van der Waals surface area contributed by atoms with Crippen LogP contribution in [-0.2, 0) is 0 Å². The molecule has 1 aliphatic heterocycles. The lowest BCUT2D eigenvalue weighted by Crippen LogP contribution is -2.20. The number of hydrogen-bond donors (Lipinski definition) is 1. The van der Waals surface area contributed by atoms with Crippen LogP contribution in [0.4, 0.5) is 5.95 Å². The van der Waals surface area contributed by atoms with Crippen molar-refractivity contribution < 1.29 is 4.74 Å². The van der Waals surface area contributed by atoms with Crippen molar-refractivity contribution >= 4 is 38.9 Å². The van der Waals surface area contributed by atoms with Gasteiger partial charge in [-0.25, -0.2) is 0 Å². The van der Waals surface area contributed by atoms with Crippen molar-refractivity contribution in [3.8, 4) is 5.75 Å². The lowest BCUT2D eigenvalue weighted by Gasteiger charge is -2.24. The number of ether oxygens (including phenoxy) is 1. The molecular weight excluding hydrogens is 378 g/mol. The van der Waals surface area contributed by atoms with Gasteiger partial charge in [0, 0.05) is 10.0 Å². The first-order valence-corrected chi connectivity index (χ1v) is 8.57. The summed E-state index contributed by atoms with van der Waals surface area (Å²) in [6, 6.07) is 9.86. The zero-order valence-electron chi connectivity index (χ0n) is 12.1. The van der Waals surface area contributed by atoms with Crippen LogP contribution in [0.5, 0.6) is 5.75 Å². The molecule has 1 N–H and O–H groups in total. The van der Waals surface area contributed by atoms with Crippen LogP contribution in [-0.4, -0.2) is 27.3 Å². The Morgan fingerprint density at radius 3 is 3.04 bits per heavy atom. The summed E-state index contributed by atoms with van der Waals surface area (Å²) in [5.74, 6) is 1.41. The molecule has 0 saturated heterocycles. The van der Waals surface area contributed by atoms with E-state index in [0.717, 1.165) is 26.4 Å². The largest absolute Gasteiger partial charge is 0.496 e. The van der Waals surface area contributed by atoms with Crippen molar-refractivity contribution in [2.75, 3.05) is 12.4 Å². The molecule has 116 valence electrons. The average molecular weight is 390 g/mol. The van der Waals surface area contributed by atoms with E-state index in [2.05, 4.69) is 48.9 Å². The Morgan fingerprint density at radius 2 is 2.26 bits per heavy atom. The number of methoxy groups -OCH3 is 1. The number of rotatable bonds is 3. The molecule has 8 heteroatoms. The second-order valence-corrected chi connectivity index (χ2v) is 6.82. The number of hydrogen-bond acceptors (Lipinski definition) is 6. The lowest BCUT2D eigenvalue weighted by atomic mass is 10.0. The van der Waals surface area contributed by atoms with Gasteiger partial charge in [0.1, 0.15) is 11.8 Å². The van der Waals surface area contributed by atoms with Crippen molar-refractivity contribution in [2.45, 2.75) is 6.04 Å². The summed E-state index contributed by atoms with van der Waals surface area (Å²) >= 11 is 5.19. The Labute approximate surface area is 144 Å². The number of nitrogens with one attached hydrogen (secondary N) is 1. The summed E-state index contributed by atoms with van der Waals surface area (Å²) in [5.41, 5.74) is 1.99. The molecule has 0 amide bonds. The highest BCUT2D eigenvalue weighted by Gasteiger charge is 2.27. The number of allylic oxidation sites excluding steroid dienone is 1. The Hall–Kier alpha value is -2.19. The van der Waals surface area contributed by atoms with E-state index in [0.29, 0.717) is 5.95 Å². The van der Waals surface area contributed by atoms with Crippen LogP contribution in [0, 0.1) is 0 Å². The number of tetrazole rings is 1. The predicted molar refractivity (Wildman–Crippen MR) is 92.6 cm³/mol. The van der Waals surface area contributed by atoms with Gasteiger partial charge in [0.05, 0.1) is 17.7 Å². The first-order valence-electron chi connectivity index (χ1n) is 6.90. The van der Waals surface area contributed by atoms with Crippen molar-refractivity contribution in [1.29, 1.82) is 0 Å². The molecule has 23 heavy (non-hydrogen) atoms. The van der Waals surface area contributed by atoms with Gasteiger partial charge in [-0.3, -0.25) is 0 Å². The van der Waals surface area contributed by atoms with Crippen molar-refractivity contribution in [3.05, 3.63) is 56.7 Å². The summed E-state index contributed by atoms with van der Waals surface area (Å²) in [5, 5.41) is 17.3. The molecule has 0 aliphatic carbocycles. The van der Waals surface area contributed by atoms with Gasteiger partial charge in [0.2, 0.25) is 5.95 Å². The normalized spacial score (nSPS) is 16.4. The topological polar surface area (TPSA) is 64.9 Å². The van der Waals surface area contributed by atoms with Gasteiger partial charge in [-0.1, -0.05) is 27.1 Å². The predicted octanol–water partition coefficient (Wildman–Crippen LogP) is 3.56. The molecule has 3 aromatic rings. The number of fused-ring (bicyclic) bond motifs is 1. The summed E-state index contributed by atoms with van der Waals surface area (Å²) in [6.45, 7) is 0. The third-order valence-corrected chi connectivity index (χ3v) is 5.02. The van der Waals surface area contributed by atoms with Gasteiger partial charge in [0.15, 0.2) is 0 Å². The van der Waals surface area contributed by atoms with Crippen molar-refractivity contribution in [1.82, 2.24) is 20.2 Å². The monoisotopic (exact) mass is 389 g/mol. The van der Waals surface area contributed by atoms with Gasteiger partial charge >= 0.3 is 0 Å². The molecule has 6 nitrogen and oxygen atoms in total. The molecule has 1 atom stereocenters. The quantitative estimate of drug-likeness (QED) is 0.741. The summed E-state index contributed by atoms with van der Waals surface area (Å²) in [7, 11) is 1.66. The molecule has 1 unspecified atom stereocenters. The van der Waals surface area contributed by atoms with E-state index in [4.69, 9.17) is 4.74 Å². The van der Waals surface area contributed by atoms with Crippen LogP contribution >= 0.6 is 27.3 Å². The van der Waals surface area contributed by atoms with Gasteiger partial charge < -0.3 is 10.1 Å². The van der Waals surface area contributed by atoms with Gasteiger partial charge in [0.25, 0.3) is 0 Å². The molecular formula is C15H12BrN5OS. The number of anilines is 1. The molecule has 0 saturated carbocycles. The number of benzene rings is 1. The van der Waals surface area contributed by atoms with Crippen LogP contribution in [0.15, 0.2) is 46.3 Å². The number of nitrogens with zero attached hydrogens (tertiary/aromatic N) is 4. The molecule has 0 spiro atoms. The molecule has 3 heterocycles. The van der Waals surface area contributed by atoms with E-state index in [9.17, 15) is 0 Å². The highest BCUT2D eigenvalue weighted by atomic mass is 79.9. The highest BCUT2D eigenvalue weighted by Crippen LogP contribution is 2.37. The van der Waals surface area contributed by atoms with E-state index in [1.807, 2.05) is 29.6 Å². The van der Waals surface area contributed by atoms with Crippen LogP contribution < -0.4 is 10.1 Å². The molecule has 1 aliphatic rings. The molecule has 0 fully saturated rings. The van der Waals surface area contributed by atoms with Crippen molar-refractivity contribution in [3.63, 3.8) is 0 Å². The molecule has 1 aromatic carbocycles.